The Balaban J connectivity index is 1.56. The molecule has 2 aromatic carbocycles. The molecular weight excluding hydrogens is 500 g/mol. The highest BCUT2D eigenvalue weighted by Gasteiger charge is 2.43. The van der Waals surface area contributed by atoms with Gasteiger partial charge in [0, 0.05) is 28.4 Å². The van der Waals surface area contributed by atoms with E-state index in [0.29, 0.717) is 17.7 Å². The lowest BCUT2D eigenvalue weighted by molar-refractivity contribution is -0.169. The fraction of sp³-hybridized carbons (Fsp3) is 0.400. The molecule has 8 heteroatoms. The average Bonchev–Trinajstić information content (AvgIpc) is 3.37. The summed E-state index contributed by atoms with van der Waals surface area (Å²) in [5, 5.41) is 14.8. The fourth-order valence-electron chi connectivity index (χ4n) is 4.42. The molecule has 1 amide bonds. The largest absolute Gasteiger partial charge is 0.460 e. The number of likely N-dealkylation sites (tertiary alicyclic amines) is 1. The van der Waals surface area contributed by atoms with Crippen LogP contribution in [0.15, 0.2) is 66.7 Å². The number of hydrogen-bond donors (Lipinski definition) is 2. The molecule has 1 atom stereocenters. The first-order valence-electron chi connectivity index (χ1n) is 12.9. The van der Waals surface area contributed by atoms with Gasteiger partial charge in [0.1, 0.15) is 11.7 Å². The van der Waals surface area contributed by atoms with Crippen LogP contribution in [0.4, 0.5) is 4.79 Å². The molecule has 2 N–H and O–H groups in total. The molecule has 0 radical (unpaired) electrons. The summed E-state index contributed by atoms with van der Waals surface area (Å²) in [5.41, 5.74) is -0.740. The Bertz CT molecular complexity index is 1240. The third-order valence-corrected chi connectivity index (χ3v) is 7.59. The summed E-state index contributed by atoms with van der Waals surface area (Å²) in [5.74, 6) is -0.663. The summed E-state index contributed by atoms with van der Waals surface area (Å²) in [7, 11) is 2.05. The maximum atomic E-state index is 13.6. The summed E-state index contributed by atoms with van der Waals surface area (Å²) in [4.78, 5) is 29.7. The Morgan fingerprint density at radius 3 is 2.37 bits per heavy atom. The smallest absolute Gasteiger partial charge is 0.407 e. The average molecular weight is 537 g/mol. The fourth-order valence-corrected chi connectivity index (χ4v) is 5.36. The number of thiophene rings is 1. The molecule has 2 heterocycles. The van der Waals surface area contributed by atoms with Gasteiger partial charge < -0.3 is 24.8 Å². The lowest BCUT2D eigenvalue weighted by Gasteiger charge is -2.33. The van der Waals surface area contributed by atoms with Gasteiger partial charge in [-0.2, -0.15) is 0 Å². The van der Waals surface area contributed by atoms with Gasteiger partial charge in [0.25, 0.3) is 0 Å². The van der Waals surface area contributed by atoms with Crippen LogP contribution in [0.1, 0.15) is 49.6 Å². The number of carbonyl (C=O) groups is 2. The standard InChI is InChI=1S/C30H36N2O5S/c1-29(2,3)37-28(34)31-20-25-13-14-26(38-25)21-9-8-12-23(19-21)30(35,22-10-6-5-7-11-22)27(33)36-24-15-17-32(4)18-16-24/h5-14,19,24,35H,15-18,20H2,1-4H3,(H,31,34)/t30-/m0/s1. The van der Waals surface area contributed by atoms with E-state index in [1.54, 1.807) is 30.3 Å². The normalized spacial score (nSPS) is 16.4. The first-order chi connectivity index (χ1) is 18.0. The van der Waals surface area contributed by atoms with Crippen molar-refractivity contribution in [3.63, 3.8) is 0 Å². The van der Waals surface area contributed by atoms with Gasteiger partial charge in [-0.15, -0.1) is 11.3 Å². The highest BCUT2D eigenvalue weighted by Crippen LogP contribution is 2.36. The van der Waals surface area contributed by atoms with Crippen LogP contribution < -0.4 is 5.32 Å². The van der Waals surface area contributed by atoms with E-state index in [0.717, 1.165) is 41.2 Å². The van der Waals surface area contributed by atoms with Crippen LogP contribution in [0.25, 0.3) is 10.4 Å². The van der Waals surface area contributed by atoms with Gasteiger partial charge in [0.15, 0.2) is 0 Å². The third-order valence-electron chi connectivity index (χ3n) is 6.46. The molecule has 1 aromatic heterocycles. The van der Waals surface area contributed by atoms with Gasteiger partial charge in [0.05, 0.1) is 6.54 Å². The minimum Gasteiger partial charge on any atom is -0.460 e. The second kappa shape index (κ2) is 11.7. The molecule has 3 aromatic rings. The molecule has 4 rings (SSSR count). The van der Waals surface area contributed by atoms with Gasteiger partial charge in [-0.3, -0.25) is 0 Å². The highest BCUT2D eigenvalue weighted by atomic mass is 32.1. The molecule has 1 fully saturated rings. The van der Waals surface area contributed by atoms with Crippen LogP contribution in [0.3, 0.4) is 0 Å². The van der Waals surface area contributed by atoms with Crippen LogP contribution in [-0.2, 0) is 26.4 Å². The molecule has 0 unspecified atom stereocenters. The van der Waals surface area contributed by atoms with Crippen LogP contribution >= 0.6 is 11.3 Å². The van der Waals surface area contributed by atoms with Crippen molar-refractivity contribution in [3.8, 4) is 10.4 Å². The molecular formula is C30H36N2O5S. The predicted octanol–water partition coefficient (Wildman–Crippen LogP) is 5.31. The zero-order valence-electron chi connectivity index (χ0n) is 22.4. The van der Waals surface area contributed by atoms with E-state index in [1.807, 2.05) is 64.2 Å². The molecule has 0 aliphatic carbocycles. The number of esters is 1. The third kappa shape index (κ3) is 6.81. The van der Waals surface area contributed by atoms with E-state index in [-0.39, 0.29) is 6.10 Å². The number of nitrogens with one attached hydrogen (secondary N) is 1. The number of piperidine rings is 1. The second-order valence-corrected chi connectivity index (χ2v) is 11.9. The van der Waals surface area contributed by atoms with E-state index >= 15 is 0 Å². The Morgan fingerprint density at radius 2 is 1.68 bits per heavy atom. The van der Waals surface area contributed by atoms with Crippen molar-refractivity contribution < 1.29 is 24.2 Å². The first-order valence-corrected chi connectivity index (χ1v) is 13.7. The maximum Gasteiger partial charge on any atom is 0.407 e. The molecule has 1 aliphatic rings. The van der Waals surface area contributed by atoms with E-state index < -0.39 is 23.3 Å². The van der Waals surface area contributed by atoms with Crippen LogP contribution in [0, 0.1) is 0 Å². The minimum atomic E-state index is -1.95. The molecule has 38 heavy (non-hydrogen) atoms. The SMILES string of the molecule is CN1CCC(OC(=O)[C@](O)(c2ccccc2)c2cccc(-c3ccc(CNC(=O)OC(C)(C)C)s3)c2)CC1. The summed E-state index contributed by atoms with van der Waals surface area (Å²) in [6, 6.07) is 20.2. The number of ether oxygens (including phenoxy) is 2. The molecule has 0 spiro atoms. The van der Waals surface area contributed by atoms with E-state index in [2.05, 4.69) is 10.2 Å². The zero-order valence-corrected chi connectivity index (χ0v) is 23.2. The van der Waals surface area contributed by atoms with Gasteiger partial charge in [-0.1, -0.05) is 48.5 Å². The van der Waals surface area contributed by atoms with Crippen molar-refractivity contribution in [3.05, 3.63) is 82.7 Å². The number of benzene rings is 2. The first kappa shape index (κ1) is 27.8. The monoisotopic (exact) mass is 536 g/mol. The summed E-state index contributed by atoms with van der Waals surface area (Å²) < 4.78 is 11.2. The van der Waals surface area contributed by atoms with E-state index in [9.17, 15) is 14.7 Å². The lowest BCUT2D eigenvalue weighted by Crippen LogP contribution is -2.43. The second-order valence-electron chi connectivity index (χ2n) is 10.7. The van der Waals surface area contributed by atoms with Gasteiger partial charge in [-0.25, -0.2) is 9.59 Å². The van der Waals surface area contributed by atoms with Crippen molar-refractivity contribution in [2.24, 2.45) is 0 Å². The molecule has 1 saturated heterocycles. The van der Waals surface area contributed by atoms with Crippen LogP contribution in [-0.4, -0.2) is 53.9 Å². The zero-order chi connectivity index (χ0) is 27.3. The Hall–Kier alpha value is -3.20. The van der Waals surface area contributed by atoms with E-state index in [1.165, 1.54) is 11.3 Å². The number of nitrogens with zero attached hydrogens (tertiary/aromatic N) is 1. The predicted molar refractivity (Wildman–Crippen MR) is 149 cm³/mol. The van der Waals surface area contributed by atoms with Gasteiger partial charge >= 0.3 is 12.1 Å². The number of alkyl carbamates (subject to hydrolysis) is 1. The molecule has 1 aliphatic heterocycles. The number of amides is 1. The molecule has 202 valence electrons. The lowest BCUT2D eigenvalue weighted by atomic mass is 9.85. The number of hydrogen-bond acceptors (Lipinski definition) is 7. The van der Waals surface area contributed by atoms with Gasteiger partial charge in [0.2, 0.25) is 5.60 Å². The summed E-state index contributed by atoms with van der Waals surface area (Å²) in [6.07, 6.45) is 0.783. The van der Waals surface area contributed by atoms with Crippen LogP contribution in [0.2, 0.25) is 0 Å². The molecule has 0 bridgehead atoms. The van der Waals surface area contributed by atoms with Crippen molar-refractivity contribution in [2.75, 3.05) is 20.1 Å². The Kier molecular flexibility index (Phi) is 8.55. The quantitative estimate of drug-likeness (QED) is 0.398. The van der Waals surface area contributed by atoms with Crippen molar-refractivity contribution in [1.29, 1.82) is 0 Å². The molecule has 0 saturated carbocycles. The summed E-state index contributed by atoms with van der Waals surface area (Å²) in [6.45, 7) is 7.51. The van der Waals surface area contributed by atoms with Crippen molar-refractivity contribution in [2.45, 2.75) is 57.5 Å². The summed E-state index contributed by atoms with van der Waals surface area (Å²) >= 11 is 1.53. The number of rotatable bonds is 7. The maximum absolute atomic E-state index is 13.6. The van der Waals surface area contributed by atoms with Crippen molar-refractivity contribution >= 4 is 23.4 Å². The Morgan fingerprint density at radius 1 is 1.00 bits per heavy atom. The molecule has 7 nitrogen and oxygen atoms in total. The number of carbonyl (C=O) groups excluding carboxylic acids is 2. The van der Waals surface area contributed by atoms with Crippen LogP contribution in [0.5, 0.6) is 0 Å². The Labute approximate surface area is 228 Å². The van der Waals surface area contributed by atoms with Gasteiger partial charge in [-0.05, 0) is 70.0 Å². The number of aliphatic hydroxyl groups is 1. The van der Waals surface area contributed by atoms with E-state index in [4.69, 9.17) is 9.47 Å². The topological polar surface area (TPSA) is 88.1 Å². The van der Waals surface area contributed by atoms with Crippen molar-refractivity contribution in [1.82, 2.24) is 10.2 Å². The highest BCUT2D eigenvalue weighted by molar-refractivity contribution is 7.15. The minimum absolute atomic E-state index is 0.227.